The van der Waals surface area contributed by atoms with Gasteiger partial charge in [-0.15, -0.1) is 0 Å². The minimum atomic E-state index is -0.377. The second-order valence-corrected chi connectivity index (χ2v) is 5.98. The van der Waals surface area contributed by atoms with Crippen molar-refractivity contribution >= 4 is 23.2 Å². The van der Waals surface area contributed by atoms with Crippen LogP contribution in [0.2, 0.25) is 0 Å². The molecule has 1 aliphatic rings. The van der Waals surface area contributed by atoms with Gasteiger partial charge in [0.25, 0.3) is 11.8 Å². The van der Waals surface area contributed by atoms with Gasteiger partial charge in [-0.05, 0) is 68.3 Å². The fourth-order valence-electron chi connectivity index (χ4n) is 2.72. The summed E-state index contributed by atoms with van der Waals surface area (Å²) in [6.07, 6.45) is 1.27. The van der Waals surface area contributed by atoms with E-state index in [2.05, 4.69) is 10.6 Å². The van der Waals surface area contributed by atoms with Gasteiger partial charge in [-0.2, -0.15) is 0 Å². The number of carbonyl (C=O) groups is 2. The number of amides is 2. The molecule has 0 bridgehead atoms. The molecule has 136 valence electrons. The van der Waals surface area contributed by atoms with E-state index in [9.17, 15) is 9.59 Å². The molecule has 0 aromatic heterocycles. The van der Waals surface area contributed by atoms with Crippen molar-refractivity contribution in [3.63, 3.8) is 0 Å². The predicted octanol–water partition coefficient (Wildman–Crippen LogP) is 3.46. The Bertz CT molecular complexity index is 750. The van der Waals surface area contributed by atoms with Gasteiger partial charge in [-0.1, -0.05) is 0 Å². The van der Waals surface area contributed by atoms with Crippen molar-refractivity contribution in [3.05, 3.63) is 54.1 Å². The number of anilines is 2. The Morgan fingerprint density at radius 2 is 1.69 bits per heavy atom. The van der Waals surface area contributed by atoms with Crippen molar-refractivity contribution in [3.8, 4) is 5.75 Å². The van der Waals surface area contributed by atoms with Crippen molar-refractivity contribution < 1.29 is 19.1 Å². The standard InChI is InChI=1S/C20H22N2O4/c1-2-25-17-11-9-16(10-12-17)21-19(23)14-5-7-15(8-6-14)22-20(24)18-4-3-13-26-18/h5-12,18H,2-4,13H2,1H3,(H,21,23)(H,22,24)/t18-/m0/s1. The summed E-state index contributed by atoms with van der Waals surface area (Å²) in [7, 11) is 0. The maximum Gasteiger partial charge on any atom is 0.255 e. The lowest BCUT2D eigenvalue weighted by Gasteiger charge is -2.11. The number of rotatable bonds is 6. The smallest absolute Gasteiger partial charge is 0.255 e. The number of hydrogen-bond acceptors (Lipinski definition) is 4. The van der Waals surface area contributed by atoms with Gasteiger partial charge in [0.1, 0.15) is 11.9 Å². The highest BCUT2D eigenvalue weighted by molar-refractivity contribution is 6.04. The van der Waals surface area contributed by atoms with Crippen molar-refractivity contribution in [2.75, 3.05) is 23.8 Å². The molecule has 3 rings (SSSR count). The molecular weight excluding hydrogens is 332 g/mol. The van der Waals surface area contributed by atoms with Crippen LogP contribution in [0, 0.1) is 0 Å². The summed E-state index contributed by atoms with van der Waals surface area (Å²) in [5, 5.41) is 5.64. The highest BCUT2D eigenvalue weighted by atomic mass is 16.5. The third kappa shape index (κ3) is 4.61. The van der Waals surface area contributed by atoms with Gasteiger partial charge >= 0.3 is 0 Å². The van der Waals surface area contributed by atoms with Gasteiger partial charge in [0.15, 0.2) is 0 Å². The molecule has 0 spiro atoms. The highest BCUT2D eigenvalue weighted by Gasteiger charge is 2.23. The van der Waals surface area contributed by atoms with Crippen LogP contribution in [0.5, 0.6) is 5.75 Å². The van der Waals surface area contributed by atoms with Crippen LogP contribution in [0.4, 0.5) is 11.4 Å². The fraction of sp³-hybridized carbons (Fsp3) is 0.300. The molecule has 0 aliphatic carbocycles. The SMILES string of the molecule is CCOc1ccc(NC(=O)c2ccc(NC(=O)[C@@H]3CCCO3)cc2)cc1. The van der Waals surface area contributed by atoms with Crippen LogP contribution in [0.15, 0.2) is 48.5 Å². The normalized spacial score (nSPS) is 16.1. The lowest BCUT2D eigenvalue weighted by molar-refractivity contribution is -0.124. The molecule has 2 aromatic carbocycles. The summed E-state index contributed by atoms with van der Waals surface area (Å²) < 4.78 is 10.7. The molecule has 2 amide bonds. The molecule has 0 unspecified atom stereocenters. The zero-order valence-electron chi connectivity index (χ0n) is 14.7. The summed E-state index contributed by atoms with van der Waals surface area (Å²) in [4.78, 5) is 24.3. The van der Waals surface area contributed by atoms with Gasteiger partial charge in [0, 0.05) is 23.5 Å². The molecule has 1 fully saturated rings. The van der Waals surface area contributed by atoms with E-state index in [1.165, 1.54) is 0 Å². The number of carbonyl (C=O) groups excluding carboxylic acids is 2. The first-order valence-corrected chi connectivity index (χ1v) is 8.72. The van der Waals surface area contributed by atoms with Crippen LogP contribution in [-0.2, 0) is 9.53 Å². The number of ether oxygens (including phenoxy) is 2. The van der Waals surface area contributed by atoms with Crippen LogP contribution >= 0.6 is 0 Å². The first-order valence-electron chi connectivity index (χ1n) is 8.72. The molecule has 26 heavy (non-hydrogen) atoms. The molecular formula is C20H22N2O4. The van der Waals surface area contributed by atoms with Crippen molar-refractivity contribution in [1.82, 2.24) is 0 Å². The lowest BCUT2D eigenvalue weighted by Crippen LogP contribution is -2.26. The van der Waals surface area contributed by atoms with Crippen LogP contribution < -0.4 is 15.4 Å². The fourth-order valence-corrected chi connectivity index (χ4v) is 2.72. The monoisotopic (exact) mass is 354 g/mol. The summed E-state index contributed by atoms with van der Waals surface area (Å²) >= 11 is 0. The first kappa shape index (κ1) is 17.9. The van der Waals surface area contributed by atoms with E-state index in [0.717, 1.165) is 18.6 Å². The van der Waals surface area contributed by atoms with E-state index in [4.69, 9.17) is 9.47 Å². The van der Waals surface area contributed by atoms with Crippen molar-refractivity contribution in [2.45, 2.75) is 25.9 Å². The molecule has 2 N–H and O–H groups in total. The molecule has 2 aromatic rings. The molecule has 1 heterocycles. The average Bonchev–Trinajstić information content (AvgIpc) is 3.19. The molecule has 6 nitrogen and oxygen atoms in total. The Morgan fingerprint density at radius 1 is 1.04 bits per heavy atom. The predicted molar refractivity (Wildman–Crippen MR) is 99.6 cm³/mol. The van der Waals surface area contributed by atoms with E-state index < -0.39 is 0 Å². The van der Waals surface area contributed by atoms with Gasteiger partial charge in [0.05, 0.1) is 6.61 Å². The topological polar surface area (TPSA) is 76.7 Å². The van der Waals surface area contributed by atoms with E-state index in [1.807, 2.05) is 19.1 Å². The Morgan fingerprint density at radius 3 is 2.31 bits per heavy atom. The zero-order valence-corrected chi connectivity index (χ0v) is 14.7. The van der Waals surface area contributed by atoms with Gasteiger partial charge in [-0.25, -0.2) is 0 Å². The van der Waals surface area contributed by atoms with Crippen molar-refractivity contribution in [1.29, 1.82) is 0 Å². The Kier molecular flexibility index (Phi) is 5.86. The summed E-state index contributed by atoms with van der Waals surface area (Å²) in [5.74, 6) is 0.400. The highest BCUT2D eigenvalue weighted by Crippen LogP contribution is 2.18. The quantitative estimate of drug-likeness (QED) is 0.833. The van der Waals surface area contributed by atoms with Crippen LogP contribution in [0.3, 0.4) is 0 Å². The van der Waals surface area contributed by atoms with Crippen molar-refractivity contribution in [2.24, 2.45) is 0 Å². The minimum absolute atomic E-state index is 0.144. The summed E-state index contributed by atoms with van der Waals surface area (Å²) in [6.45, 7) is 3.15. The third-order valence-corrected chi connectivity index (χ3v) is 4.06. The molecule has 1 saturated heterocycles. The molecule has 1 atom stereocenters. The Labute approximate surface area is 152 Å². The van der Waals surface area contributed by atoms with E-state index >= 15 is 0 Å². The second kappa shape index (κ2) is 8.49. The van der Waals surface area contributed by atoms with Gasteiger partial charge in [-0.3, -0.25) is 9.59 Å². The largest absolute Gasteiger partial charge is 0.494 e. The Balaban J connectivity index is 1.57. The molecule has 0 saturated carbocycles. The maximum atomic E-state index is 12.3. The van der Waals surface area contributed by atoms with Gasteiger partial charge in [0.2, 0.25) is 0 Å². The number of benzene rings is 2. The minimum Gasteiger partial charge on any atom is -0.494 e. The van der Waals surface area contributed by atoms with Crippen LogP contribution in [-0.4, -0.2) is 31.1 Å². The molecule has 1 aliphatic heterocycles. The van der Waals surface area contributed by atoms with E-state index in [1.54, 1.807) is 36.4 Å². The van der Waals surface area contributed by atoms with Gasteiger partial charge < -0.3 is 20.1 Å². The first-order chi connectivity index (χ1) is 12.7. The third-order valence-electron chi connectivity index (χ3n) is 4.06. The lowest BCUT2D eigenvalue weighted by atomic mass is 10.1. The zero-order chi connectivity index (χ0) is 18.4. The summed E-state index contributed by atoms with van der Waals surface area (Å²) in [6, 6.07) is 14.0. The second-order valence-electron chi connectivity index (χ2n) is 5.98. The molecule has 6 heteroatoms. The van der Waals surface area contributed by atoms with Crippen LogP contribution in [0.1, 0.15) is 30.1 Å². The number of nitrogens with one attached hydrogen (secondary N) is 2. The molecule has 0 radical (unpaired) electrons. The average molecular weight is 354 g/mol. The summed E-state index contributed by atoms with van der Waals surface area (Å²) in [5.41, 5.74) is 1.84. The van der Waals surface area contributed by atoms with E-state index in [-0.39, 0.29) is 17.9 Å². The Hall–Kier alpha value is -2.86. The van der Waals surface area contributed by atoms with Crippen LogP contribution in [0.25, 0.3) is 0 Å². The maximum absolute atomic E-state index is 12.3. The number of hydrogen-bond donors (Lipinski definition) is 2. The van der Waals surface area contributed by atoms with E-state index in [0.29, 0.717) is 30.2 Å².